The summed E-state index contributed by atoms with van der Waals surface area (Å²) in [6.07, 6.45) is 7.50. The zero-order valence-electron chi connectivity index (χ0n) is 20.5. The van der Waals surface area contributed by atoms with Crippen LogP contribution in [0.1, 0.15) is 6.92 Å². The highest BCUT2D eigenvalue weighted by Crippen LogP contribution is 2.30. The van der Waals surface area contributed by atoms with Crippen LogP contribution in [0.15, 0.2) is 58.0 Å². The average molecular weight is 551 g/mol. The zero-order valence-corrected chi connectivity index (χ0v) is 22.8. The molecule has 0 spiro atoms. The van der Waals surface area contributed by atoms with Gasteiger partial charge >= 0.3 is 0 Å². The topological polar surface area (TPSA) is 95.1 Å². The van der Waals surface area contributed by atoms with Gasteiger partial charge in [0, 0.05) is 43.0 Å². The van der Waals surface area contributed by atoms with Gasteiger partial charge in [0.15, 0.2) is 0 Å². The molecule has 35 heavy (non-hydrogen) atoms. The number of hydrogen-bond donors (Lipinski definition) is 2. The first kappa shape index (κ1) is 31.9. The number of piperidine rings is 1. The summed E-state index contributed by atoms with van der Waals surface area (Å²) >= 11 is 10.7. The Labute approximate surface area is 222 Å². The van der Waals surface area contributed by atoms with Crippen LogP contribution < -0.4 is 10.0 Å². The van der Waals surface area contributed by atoms with Crippen LogP contribution in [0.5, 0.6) is 0 Å². The van der Waals surface area contributed by atoms with Crippen molar-refractivity contribution in [3.8, 4) is 0 Å². The fraction of sp³-hybridized carbons (Fsp3) is 0.542. The van der Waals surface area contributed by atoms with E-state index in [0.717, 1.165) is 24.2 Å². The van der Waals surface area contributed by atoms with Gasteiger partial charge in [0.1, 0.15) is 5.41 Å². The number of likely N-dealkylation sites (N-methyl/N-ethyl adjacent to an activating group) is 1. The summed E-state index contributed by atoms with van der Waals surface area (Å²) in [4.78, 5) is 12.9. The molecular formula is C24H37Cl2N3O5S. The van der Waals surface area contributed by atoms with E-state index in [1.807, 2.05) is 25.3 Å². The van der Waals surface area contributed by atoms with Crippen molar-refractivity contribution < 1.29 is 23.6 Å². The maximum atomic E-state index is 12.1. The standard InChI is InChI=1S/C24H37Cl2N3O5S/c1-20(26)16-24-22(18-29(3)19-23(24)17-25)6-4-5-15-35(31)28-8-10-33-12-14-34-13-11-32-9-7-27-21(2)30/h4-6,15-17,22,28H,1,7-14,18-19H2,2-3H3,(H,27,30)/b6-4+,15-5+,23-17+,24-16?. The number of nitrogens with one attached hydrogen (secondary N) is 2. The monoisotopic (exact) mass is 549 g/mol. The van der Waals surface area contributed by atoms with Gasteiger partial charge in [0.05, 0.1) is 57.5 Å². The van der Waals surface area contributed by atoms with E-state index in [-0.39, 0.29) is 11.8 Å². The van der Waals surface area contributed by atoms with E-state index in [4.69, 9.17) is 37.4 Å². The molecule has 8 nitrogen and oxygen atoms in total. The highest BCUT2D eigenvalue weighted by molar-refractivity contribution is 7.92. The van der Waals surface area contributed by atoms with E-state index in [1.54, 1.807) is 17.0 Å². The number of likely N-dealkylation sites (tertiary alicyclic amines) is 1. The van der Waals surface area contributed by atoms with Crippen molar-refractivity contribution in [2.45, 2.75) is 6.92 Å². The Morgan fingerprint density at radius 3 is 2.40 bits per heavy atom. The SMILES string of the molecule is C=C(Cl)C=C1/C(=C/Cl)CN(C)CC1/C=C/C=C/[S+]([O-])NCCOCCOCCOCCNC(C)=O. The summed E-state index contributed by atoms with van der Waals surface area (Å²) in [6, 6.07) is 0. The Morgan fingerprint density at radius 1 is 1.17 bits per heavy atom. The second-order valence-electron chi connectivity index (χ2n) is 7.71. The molecule has 1 fully saturated rings. The predicted molar refractivity (Wildman–Crippen MR) is 144 cm³/mol. The molecule has 2 atom stereocenters. The third kappa shape index (κ3) is 16.3. The summed E-state index contributed by atoms with van der Waals surface area (Å²) < 4.78 is 31.1. The first-order valence-corrected chi connectivity index (χ1v) is 13.4. The van der Waals surface area contributed by atoms with E-state index in [2.05, 4.69) is 21.5 Å². The molecule has 2 unspecified atom stereocenters. The maximum Gasteiger partial charge on any atom is 0.216 e. The van der Waals surface area contributed by atoms with Gasteiger partial charge in [-0.3, -0.25) is 4.79 Å². The molecule has 1 aliphatic heterocycles. The summed E-state index contributed by atoms with van der Waals surface area (Å²) in [5.74, 6) is 0.0309. The minimum absolute atomic E-state index is 0.0721. The number of carbonyl (C=O) groups is 1. The van der Waals surface area contributed by atoms with Crippen LogP contribution >= 0.6 is 23.2 Å². The van der Waals surface area contributed by atoms with Crippen LogP contribution in [-0.2, 0) is 30.4 Å². The number of allylic oxidation sites excluding steroid dienone is 4. The van der Waals surface area contributed by atoms with Crippen molar-refractivity contribution in [3.05, 3.63) is 58.0 Å². The Bertz CT molecular complexity index is 761. The van der Waals surface area contributed by atoms with Gasteiger partial charge in [-0.15, -0.1) is 4.72 Å². The van der Waals surface area contributed by atoms with Gasteiger partial charge < -0.3 is 29.0 Å². The third-order valence-electron chi connectivity index (χ3n) is 4.67. The van der Waals surface area contributed by atoms with Gasteiger partial charge in [0.25, 0.3) is 0 Å². The van der Waals surface area contributed by atoms with E-state index in [9.17, 15) is 9.35 Å². The summed E-state index contributed by atoms with van der Waals surface area (Å²) in [6.45, 7) is 10.4. The van der Waals surface area contributed by atoms with Crippen LogP contribution in [0.3, 0.4) is 0 Å². The number of ether oxygens (including phenoxy) is 3. The quantitative estimate of drug-likeness (QED) is 0.163. The van der Waals surface area contributed by atoms with Gasteiger partial charge in [-0.05, 0) is 30.3 Å². The lowest BCUT2D eigenvalue weighted by Gasteiger charge is -2.32. The second-order valence-corrected chi connectivity index (χ2v) is 9.57. The molecule has 11 heteroatoms. The number of carbonyl (C=O) groups excluding carboxylic acids is 1. The summed E-state index contributed by atoms with van der Waals surface area (Å²) in [5, 5.41) is 4.69. The van der Waals surface area contributed by atoms with Crippen LogP contribution in [-0.4, -0.2) is 88.2 Å². The van der Waals surface area contributed by atoms with Gasteiger partial charge in [0.2, 0.25) is 5.91 Å². The zero-order chi connectivity index (χ0) is 25.9. The molecule has 0 aromatic heterocycles. The van der Waals surface area contributed by atoms with Crippen molar-refractivity contribution in [2.75, 3.05) is 72.9 Å². The number of amides is 1. The van der Waals surface area contributed by atoms with Crippen LogP contribution in [0.2, 0.25) is 0 Å². The van der Waals surface area contributed by atoms with Crippen molar-refractivity contribution in [1.29, 1.82) is 0 Å². The van der Waals surface area contributed by atoms with Gasteiger partial charge in [-0.1, -0.05) is 41.9 Å². The Balaban J connectivity index is 2.16. The lowest BCUT2D eigenvalue weighted by atomic mass is 9.88. The molecule has 1 amide bonds. The van der Waals surface area contributed by atoms with E-state index >= 15 is 0 Å². The molecule has 1 aliphatic rings. The summed E-state index contributed by atoms with van der Waals surface area (Å²) in [5.41, 5.74) is 3.62. The smallest absolute Gasteiger partial charge is 0.216 e. The number of rotatable bonds is 17. The average Bonchev–Trinajstić information content (AvgIpc) is 2.80. The summed E-state index contributed by atoms with van der Waals surface area (Å²) in [7, 11) is 2.03. The second kappa shape index (κ2) is 20.0. The highest BCUT2D eigenvalue weighted by Gasteiger charge is 2.23. The molecule has 2 N–H and O–H groups in total. The minimum atomic E-state index is -1.31. The largest absolute Gasteiger partial charge is 0.593 e. The Kier molecular flexibility index (Phi) is 18.2. The lowest BCUT2D eigenvalue weighted by molar-refractivity contribution is -0.119. The number of halogens is 2. The minimum Gasteiger partial charge on any atom is -0.593 e. The Morgan fingerprint density at radius 2 is 1.80 bits per heavy atom. The number of hydrogen-bond acceptors (Lipinski definition) is 7. The van der Waals surface area contributed by atoms with Gasteiger partial charge in [-0.25, -0.2) is 0 Å². The van der Waals surface area contributed by atoms with Crippen molar-refractivity contribution in [1.82, 2.24) is 14.9 Å². The van der Waals surface area contributed by atoms with Crippen molar-refractivity contribution in [2.24, 2.45) is 5.92 Å². The predicted octanol–water partition coefficient (Wildman–Crippen LogP) is 2.86. The first-order valence-electron chi connectivity index (χ1n) is 11.3. The number of nitrogens with zero attached hydrogens (tertiary/aromatic N) is 1. The van der Waals surface area contributed by atoms with Crippen LogP contribution in [0, 0.1) is 5.92 Å². The fourth-order valence-electron chi connectivity index (χ4n) is 3.17. The van der Waals surface area contributed by atoms with Crippen LogP contribution in [0.25, 0.3) is 0 Å². The normalized spacial score (nSPS) is 20.3. The van der Waals surface area contributed by atoms with E-state index in [0.29, 0.717) is 57.8 Å². The van der Waals surface area contributed by atoms with Crippen LogP contribution in [0.4, 0.5) is 0 Å². The molecule has 0 saturated carbocycles. The molecule has 1 saturated heterocycles. The lowest BCUT2D eigenvalue weighted by Crippen LogP contribution is -2.34. The molecule has 0 aromatic carbocycles. The van der Waals surface area contributed by atoms with E-state index < -0.39 is 11.4 Å². The molecule has 0 bridgehead atoms. The fourth-order valence-corrected chi connectivity index (χ4v) is 4.09. The first-order chi connectivity index (χ1) is 16.8. The van der Waals surface area contributed by atoms with Gasteiger partial charge in [-0.2, -0.15) is 0 Å². The van der Waals surface area contributed by atoms with Crippen molar-refractivity contribution >= 4 is 40.5 Å². The third-order valence-corrected chi connectivity index (χ3v) is 5.94. The van der Waals surface area contributed by atoms with Crippen molar-refractivity contribution in [3.63, 3.8) is 0 Å². The Hall–Kier alpha value is -1.14. The van der Waals surface area contributed by atoms with E-state index in [1.165, 1.54) is 6.92 Å². The highest BCUT2D eigenvalue weighted by atomic mass is 35.5. The molecule has 1 heterocycles. The molecule has 1 rings (SSSR count). The molecule has 0 aromatic rings. The molecule has 0 aliphatic carbocycles. The molecular weight excluding hydrogens is 513 g/mol. The molecule has 198 valence electrons. The molecule has 0 radical (unpaired) electrons. The maximum absolute atomic E-state index is 12.1.